The third kappa shape index (κ3) is 3.84. The lowest BCUT2D eigenvalue weighted by Gasteiger charge is -2.16. The summed E-state index contributed by atoms with van der Waals surface area (Å²) in [6.07, 6.45) is 0. The van der Waals surface area contributed by atoms with E-state index in [-0.39, 0.29) is 17.8 Å². The molecule has 6 heteroatoms. The molecule has 0 saturated carbocycles. The average Bonchev–Trinajstić information content (AvgIpc) is 2.95. The summed E-state index contributed by atoms with van der Waals surface area (Å²) >= 11 is 6.23. The fourth-order valence-electron chi connectivity index (χ4n) is 3.38. The van der Waals surface area contributed by atoms with Gasteiger partial charge in [0.05, 0.1) is 12.1 Å². The van der Waals surface area contributed by atoms with Gasteiger partial charge in [0.2, 0.25) is 0 Å². The largest absolute Gasteiger partial charge is 0.350 e. The molecule has 1 aliphatic heterocycles. The molecule has 2 amide bonds. The molecule has 3 aromatic carbocycles. The normalized spacial score (nSPS) is 13.9. The maximum atomic E-state index is 13.4. The number of imide groups is 1. The van der Waals surface area contributed by atoms with Crippen LogP contribution in [0.5, 0.6) is 0 Å². The molecule has 1 aliphatic rings. The number of aryl methyl sites for hydroxylation is 1. The van der Waals surface area contributed by atoms with Crippen molar-refractivity contribution >= 4 is 34.7 Å². The van der Waals surface area contributed by atoms with Gasteiger partial charge < -0.3 is 5.32 Å². The van der Waals surface area contributed by atoms with Crippen molar-refractivity contribution in [3.63, 3.8) is 0 Å². The Morgan fingerprint density at radius 1 is 0.933 bits per heavy atom. The number of hydrogen-bond donors (Lipinski definition) is 1. The number of nitrogens with one attached hydrogen (secondary N) is 1. The molecule has 0 radical (unpaired) electrons. The van der Waals surface area contributed by atoms with Gasteiger partial charge in [0.1, 0.15) is 11.5 Å². The minimum Gasteiger partial charge on any atom is -0.350 e. The van der Waals surface area contributed by atoms with Crippen molar-refractivity contribution in [1.29, 1.82) is 0 Å². The molecule has 1 N–H and O–H groups in total. The Morgan fingerprint density at radius 3 is 2.37 bits per heavy atom. The molecule has 0 bridgehead atoms. The minimum atomic E-state index is -0.458. The van der Waals surface area contributed by atoms with Gasteiger partial charge >= 0.3 is 0 Å². The summed E-state index contributed by atoms with van der Waals surface area (Å²) in [6.45, 7) is 1.98. The van der Waals surface area contributed by atoms with E-state index in [1.165, 1.54) is 24.3 Å². The van der Waals surface area contributed by atoms with Crippen molar-refractivity contribution in [2.45, 2.75) is 13.5 Å². The molecule has 0 fully saturated rings. The van der Waals surface area contributed by atoms with Gasteiger partial charge in [-0.1, -0.05) is 54.1 Å². The lowest BCUT2D eigenvalue weighted by atomic mass is 10.0. The molecule has 4 rings (SSSR count). The monoisotopic (exact) mass is 420 g/mol. The van der Waals surface area contributed by atoms with Crippen molar-refractivity contribution in [1.82, 2.24) is 4.90 Å². The Balaban J connectivity index is 1.76. The number of nitrogens with zero attached hydrogens (tertiary/aromatic N) is 1. The fraction of sp³-hybridized carbons (Fsp3) is 0.0833. The third-order valence-electron chi connectivity index (χ3n) is 4.87. The van der Waals surface area contributed by atoms with Crippen LogP contribution in [0.1, 0.15) is 16.7 Å². The first-order valence-electron chi connectivity index (χ1n) is 9.37. The molecular weight excluding hydrogens is 403 g/mol. The fourth-order valence-corrected chi connectivity index (χ4v) is 3.58. The van der Waals surface area contributed by atoms with Crippen LogP contribution in [-0.2, 0) is 16.1 Å². The molecule has 4 nitrogen and oxygen atoms in total. The first kappa shape index (κ1) is 19.9. The number of benzene rings is 3. The van der Waals surface area contributed by atoms with E-state index in [4.69, 9.17) is 11.6 Å². The zero-order chi connectivity index (χ0) is 21.3. The lowest BCUT2D eigenvalue weighted by Crippen LogP contribution is -2.32. The maximum absolute atomic E-state index is 13.4. The van der Waals surface area contributed by atoms with E-state index in [1.54, 1.807) is 24.3 Å². The van der Waals surface area contributed by atoms with Gasteiger partial charge in [-0.05, 0) is 53.9 Å². The summed E-state index contributed by atoms with van der Waals surface area (Å²) in [5.74, 6) is -1.33. The van der Waals surface area contributed by atoms with Crippen molar-refractivity contribution in [2.75, 3.05) is 5.32 Å². The summed E-state index contributed by atoms with van der Waals surface area (Å²) in [4.78, 5) is 27.6. The highest BCUT2D eigenvalue weighted by atomic mass is 35.5. The molecule has 0 atom stereocenters. The molecule has 3 aromatic rings. The van der Waals surface area contributed by atoms with E-state index < -0.39 is 17.6 Å². The van der Waals surface area contributed by atoms with Crippen LogP contribution in [0.4, 0.5) is 10.1 Å². The van der Waals surface area contributed by atoms with Gasteiger partial charge in [-0.2, -0.15) is 0 Å². The topological polar surface area (TPSA) is 49.4 Å². The van der Waals surface area contributed by atoms with Crippen LogP contribution in [-0.4, -0.2) is 16.7 Å². The number of amides is 2. The molecule has 30 heavy (non-hydrogen) atoms. The third-order valence-corrected chi connectivity index (χ3v) is 5.24. The number of anilines is 1. The summed E-state index contributed by atoms with van der Waals surface area (Å²) < 4.78 is 13.4. The SMILES string of the molecule is Cc1cccc(NC2=C(c3ccc(F)cc3)C(=O)N(Cc3ccccc3Cl)C2=O)c1. The predicted octanol–water partition coefficient (Wildman–Crippen LogP) is 5.18. The van der Waals surface area contributed by atoms with E-state index in [2.05, 4.69) is 5.32 Å². The highest BCUT2D eigenvalue weighted by Crippen LogP contribution is 2.32. The van der Waals surface area contributed by atoms with Crippen LogP contribution in [0.25, 0.3) is 5.57 Å². The van der Waals surface area contributed by atoms with Crippen molar-refractivity contribution in [3.8, 4) is 0 Å². The zero-order valence-electron chi connectivity index (χ0n) is 16.2. The summed E-state index contributed by atoms with van der Waals surface area (Å²) in [6, 6.07) is 20.1. The van der Waals surface area contributed by atoms with Gasteiger partial charge in [-0.15, -0.1) is 0 Å². The number of carbonyl (C=O) groups excluding carboxylic acids is 2. The predicted molar refractivity (Wildman–Crippen MR) is 115 cm³/mol. The standard InChI is InChI=1S/C24H18ClFN2O2/c1-15-5-4-7-19(13-15)27-22-21(16-9-11-18(26)12-10-16)23(29)28(24(22)30)14-17-6-2-3-8-20(17)25/h2-13,27H,14H2,1H3. The van der Waals surface area contributed by atoms with Crippen molar-refractivity contribution < 1.29 is 14.0 Å². The number of carbonyl (C=O) groups is 2. The highest BCUT2D eigenvalue weighted by Gasteiger charge is 2.39. The second kappa shape index (κ2) is 8.13. The Bertz CT molecular complexity index is 1170. The van der Waals surface area contributed by atoms with Crippen LogP contribution in [0, 0.1) is 12.7 Å². The van der Waals surface area contributed by atoms with Gasteiger partial charge in [0, 0.05) is 10.7 Å². The molecule has 0 spiro atoms. The smallest absolute Gasteiger partial charge is 0.278 e. The molecule has 0 aliphatic carbocycles. The molecule has 0 aromatic heterocycles. The number of rotatable bonds is 5. The van der Waals surface area contributed by atoms with Crippen LogP contribution < -0.4 is 5.32 Å². The first-order chi connectivity index (χ1) is 14.4. The number of halogens is 2. The quantitative estimate of drug-likeness (QED) is 0.578. The Morgan fingerprint density at radius 2 is 1.67 bits per heavy atom. The summed E-state index contributed by atoms with van der Waals surface area (Å²) in [5, 5.41) is 3.57. The van der Waals surface area contributed by atoms with Crippen molar-refractivity contribution in [3.05, 3.63) is 106 Å². The van der Waals surface area contributed by atoms with E-state index in [1.807, 2.05) is 31.2 Å². The summed E-state index contributed by atoms with van der Waals surface area (Å²) in [5.41, 5.74) is 3.18. The van der Waals surface area contributed by atoms with Gasteiger partial charge in [-0.3, -0.25) is 14.5 Å². The Hall–Kier alpha value is -3.44. The maximum Gasteiger partial charge on any atom is 0.278 e. The molecule has 1 heterocycles. The summed E-state index contributed by atoms with van der Waals surface area (Å²) in [7, 11) is 0. The van der Waals surface area contributed by atoms with Gasteiger partial charge in [0.25, 0.3) is 11.8 Å². The zero-order valence-corrected chi connectivity index (χ0v) is 16.9. The minimum absolute atomic E-state index is 0.0427. The second-order valence-electron chi connectivity index (χ2n) is 7.04. The first-order valence-corrected chi connectivity index (χ1v) is 9.75. The van der Waals surface area contributed by atoms with Crippen LogP contribution >= 0.6 is 11.6 Å². The Kier molecular flexibility index (Phi) is 5.38. The lowest BCUT2D eigenvalue weighted by molar-refractivity contribution is -0.137. The second-order valence-corrected chi connectivity index (χ2v) is 7.45. The van der Waals surface area contributed by atoms with E-state index in [0.29, 0.717) is 21.8 Å². The van der Waals surface area contributed by atoms with E-state index in [9.17, 15) is 14.0 Å². The van der Waals surface area contributed by atoms with Crippen LogP contribution in [0.2, 0.25) is 5.02 Å². The van der Waals surface area contributed by atoms with Crippen molar-refractivity contribution in [2.24, 2.45) is 0 Å². The highest BCUT2D eigenvalue weighted by molar-refractivity contribution is 6.36. The van der Waals surface area contributed by atoms with Gasteiger partial charge in [0.15, 0.2) is 0 Å². The van der Waals surface area contributed by atoms with Gasteiger partial charge in [-0.25, -0.2) is 4.39 Å². The van der Waals surface area contributed by atoms with E-state index in [0.717, 1.165) is 10.5 Å². The number of hydrogen-bond acceptors (Lipinski definition) is 3. The average molecular weight is 421 g/mol. The molecular formula is C24H18ClFN2O2. The molecule has 150 valence electrons. The van der Waals surface area contributed by atoms with Crippen LogP contribution in [0.15, 0.2) is 78.5 Å². The molecule has 0 saturated heterocycles. The molecule has 0 unspecified atom stereocenters. The van der Waals surface area contributed by atoms with E-state index >= 15 is 0 Å². The Labute approximate surface area is 178 Å². The van der Waals surface area contributed by atoms with Crippen LogP contribution in [0.3, 0.4) is 0 Å².